The number of allylic oxidation sites excluding steroid dienone is 1. The van der Waals surface area contributed by atoms with Crippen LogP contribution < -0.4 is 4.74 Å². The molecule has 8 heteroatoms. The lowest BCUT2D eigenvalue weighted by Crippen LogP contribution is -2.09. The number of nitro benzene ring substituents is 2. The molecule has 0 aliphatic rings. The average molecular weight is 364 g/mol. The van der Waals surface area contributed by atoms with Crippen LogP contribution in [-0.2, 0) is 4.79 Å². The zero-order valence-electron chi connectivity index (χ0n) is 15.3. The van der Waals surface area contributed by atoms with Gasteiger partial charge in [0.25, 0.3) is 5.75 Å². The van der Waals surface area contributed by atoms with Crippen molar-refractivity contribution in [1.29, 1.82) is 0 Å². The third kappa shape index (κ3) is 5.94. The monoisotopic (exact) mass is 364 g/mol. The maximum Gasteiger partial charge on any atom is 0.336 e. The summed E-state index contributed by atoms with van der Waals surface area (Å²) in [6.45, 7) is 5.54. The van der Waals surface area contributed by atoms with E-state index in [1.165, 1.54) is 18.2 Å². The summed E-state index contributed by atoms with van der Waals surface area (Å²) in [5, 5.41) is 22.8. The van der Waals surface area contributed by atoms with Gasteiger partial charge in [-0.05, 0) is 24.8 Å². The van der Waals surface area contributed by atoms with E-state index in [1.807, 2.05) is 6.92 Å². The highest BCUT2D eigenvalue weighted by Gasteiger charge is 2.31. The van der Waals surface area contributed by atoms with Crippen molar-refractivity contribution >= 4 is 17.3 Å². The smallest absolute Gasteiger partial charge is 0.336 e. The number of hydrogen-bond acceptors (Lipinski definition) is 6. The van der Waals surface area contributed by atoms with Crippen molar-refractivity contribution in [2.24, 2.45) is 0 Å². The standard InChI is InChI=1S/C18H24N2O6/c1-4-6-7-8-10-13(3)14-11-15(19(22)23)18(16(12-14)20(24)25)26-17(21)9-5-2/h5,9,11-13H,4,6-8,10H2,1-3H3/b9-5+/t13-/m1/s1. The molecule has 1 aromatic rings. The maximum atomic E-state index is 11.6. The van der Waals surface area contributed by atoms with Gasteiger partial charge in [-0.2, -0.15) is 0 Å². The van der Waals surface area contributed by atoms with Gasteiger partial charge in [-0.15, -0.1) is 0 Å². The molecule has 26 heavy (non-hydrogen) atoms. The molecule has 0 aromatic heterocycles. The van der Waals surface area contributed by atoms with Gasteiger partial charge in [0.05, 0.1) is 9.85 Å². The summed E-state index contributed by atoms with van der Waals surface area (Å²) in [7, 11) is 0. The molecule has 0 unspecified atom stereocenters. The lowest BCUT2D eigenvalue weighted by Gasteiger charge is -2.13. The van der Waals surface area contributed by atoms with Crippen LogP contribution in [0, 0.1) is 20.2 Å². The SMILES string of the molecule is C/C=C/C(=O)Oc1c([N+](=O)[O-])cc([C@H](C)CCCCCC)cc1[N+](=O)[O-]. The number of nitrogens with zero attached hydrogens (tertiary/aromatic N) is 2. The second kappa shape index (κ2) is 10.3. The van der Waals surface area contributed by atoms with Crippen molar-refractivity contribution in [3.05, 3.63) is 50.1 Å². The Morgan fingerprint density at radius 2 is 1.73 bits per heavy atom. The molecule has 0 bridgehead atoms. The summed E-state index contributed by atoms with van der Waals surface area (Å²) in [4.78, 5) is 32.9. The quantitative estimate of drug-likeness (QED) is 0.143. The van der Waals surface area contributed by atoms with Crippen LogP contribution in [0.25, 0.3) is 0 Å². The maximum absolute atomic E-state index is 11.6. The first kappa shape index (κ1) is 21.3. The summed E-state index contributed by atoms with van der Waals surface area (Å²) in [6.07, 6.45) is 7.37. The Bertz CT molecular complexity index is 664. The highest BCUT2D eigenvalue weighted by Crippen LogP contribution is 2.40. The summed E-state index contributed by atoms with van der Waals surface area (Å²) in [5.41, 5.74) is -0.661. The van der Waals surface area contributed by atoms with E-state index in [2.05, 4.69) is 6.92 Å². The summed E-state index contributed by atoms with van der Waals surface area (Å²) in [5.74, 6) is -1.62. The Kier molecular flexibility index (Phi) is 8.41. The van der Waals surface area contributed by atoms with Crippen LogP contribution >= 0.6 is 0 Å². The predicted octanol–water partition coefficient (Wildman–Crippen LogP) is 5.06. The van der Waals surface area contributed by atoms with Crippen molar-refractivity contribution in [2.45, 2.75) is 58.8 Å². The minimum absolute atomic E-state index is 0.0791. The van der Waals surface area contributed by atoms with Crippen molar-refractivity contribution in [3.63, 3.8) is 0 Å². The van der Waals surface area contributed by atoms with Crippen LogP contribution in [0.4, 0.5) is 11.4 Å². The van der Waals surface area contributed by atoms with Gasteiger partial charge in [-0.25, -0.2) is 4.79 Å². The number of rotatable bonds is 10. The summed E-state index contributed by atoms with van der Waals surface area (Å²) in [6, 6.07) is 2.52. The molecule has 0 aliphatic carbocycles. The minimum atomic E-state index is -0.904. The van der Waals surface area contributed by atoms with E-state index in [0.29, 0.717) is 5.56 Å². The summed E-state index contributed by atoms with van der Waals surface area (Å²) < 4.78 is 4.88. The fourth-order valence-corrected chi connectivity index (χ4v) is 2.59. The molecular weight excluding hydrogens is 340 g/mol. The number of esters is 1. The Morgan fingerprint density at radius 1 is 1.15 bits per heavy atom. The van der Waals surface area contributed by atoms with Crippen molar-refractivity contribution in [1.82, 2.24) is 0 Å². The highest BCUT2D eigenvalue weighted by molar-refractivity contribution is 5.86. The molecular formula is C18H24N2O6. The molecule has 142 valence electrons. The van der Waals surface area contributed by atoms with Crippen LogP contribution in [0.5, 0.6) is 5.75 Å². The number of hydrogen-bond donors (Lipinski definition) is 0. The van der Waals surface area contributed by atoms with Gasteiger partial charge >= 0.3 is 17.3 Å². The molecule has 1 aromatic carbocycles. The Balaban J connectivity index is 3.25. The van der Waals surface area contributed by atoms with Gasteiger partial charge in [-0.1, -0.05) is 45.6 Å². The first-order valence-corrected chi connectivity index (χ1v) is 8.63. The lowest BCUT2D eigenvalue weighted by atomic mass is 9.93. The fraction of sp³-hybridized carbons (Fsp3) is 0.500. The third-order valence-corrected chi connectivity index (χ3v) is 4.03. The largest absolute Gasteiger partial charge is 0.409 e. The van der Waals surface area contributed by atoms with E-state index in [4.69, 9.17) is 4.74 Å². The van der Waals surface area contributed by atoms with E-state index >= 15 is 0 Å². The minimum Gasteiger partial charge on any atom is -0.409 e. The molecule has 0 spiro atoms. The molecule has 0 amide bonds. The van der Waals surface area contributed by atoms with Gasteiger partial charge in [-0.3, -0.25) is 20.2 Å². The van der Waals surface area contributed by atoms with Crippen molar-refractivity contribution in [3.8, 4) is 5.75 Å². The molecule has 0 fully saturated rings. The van der Waals surface area contributed by atoms with E-state index in [9.17, 15) is 25.0 Å². The molecule has 0 saturated heterocycles. The van der Waals surface area contributed by atoms with Crippen molar-refractivity contribution in [2.75, 3.05) is 0 Å². The van der Waals surface area contributed by atoms with Gasteiger partial charge in [0.15, 0.2) is 0 Å². The molecule has 0 heterocycles. The Labute approximate surface area is 152 Å². The van der Waals surface area contributed by atoms with Crippen LogP contribution in [0.1, 0.15) is 64.4 Å². The van der Waals surface area contributed by atoms with Crippen LogP contribution in [0.2, 0.25) is 0 Å². The fourth-order valence-electron chi connectivity index (χ4n) is 2.59. The number of benzene rings is 1. The first-order valence-electron chi connectivity index (χ1n) is 8.63. The molecule has 0 radical (unpaired) electrons. The molecule has 8 nitrogen and oxygen atoms in total. The van der Waals surface area contributed by atoms with E-state index in [-0.39, 0.29) is 5.92 Å². The van der Waals surface area contributed by atoms with Gasteiger partial charge in [0.2, 0.25) is 0 Å². The average Bonchev–Trinajstić information content (AvgIpc) is 2.58. The van der Waals surface area contributed by atoms with Gasteiger partial charge in [0.1, 0.15) is 0 Å². The van der Waals surface area contributed by atoms with Crippen LogP contribution in [0.3, 0.4) is 0 Å². The highest BCUT2D eigenvalue weighted by atomic mass is 16.6. The molecule has 0 aliphatic heterocycles. The van der Waals surface area contributed by atoms with Gasteiger partial charge in [0, 0.05) is 18.2 Å². The number of ether oxygens (including phenoxy) is 1. The zero-order valence-corrected chi connectivity index (χ0v) is 15.3. The van der Waals surface area contributed by atoms with E-state index in [0.717, 1.165) is 38.2 Å². The topological polar surface area (TPSA) is 113 Å². The Morgan fingerprint density at radius 3 is 2.19 bits per heavy atom. The molecule has 1 atom stereocenters. The number of nitro groups is 2. The van der Waals surface area contributed by atoms with E-state index in [1.54, 1.807) is 6.92 Å². The van der Waals surface area contributed by atoms with E-state index < -0.39 is 32.9 Å². The molecule has 0 N–H and O–H groups in total. The van der Waals surface area contributed by atoms with Crippen molar-refractivity contribution < 1.29 is 19.4 Å². The second-order valence-electron chi connectivity index (χ2n) is 6.07. The van der Waals surface area contributed by atoms with Crippen LogP contribution in [-0.4, -0.2) is 15.8 Å². The lowest BCUT2D eigenvalue weighted by molar-refractivity contribution is -0.395. The number of unbranched alkanes of at least 4 members (excludes halogenated alkanes) is 3. The third-order valence-electron chi connectivity index (χ3n) is 4.03. The Hall–Kier alpha value is -2.77. The number of carbonyl (C=O) groups is 1. The van der Waals surface area contributed by atoms with Crippen LogP contribution in [0.15, 0.2) is 24.3 Å². The normalized spacial score (nSPS) is 12.1. The van der Waals surface area contributed by atoms with Gasteiger partial charge < -0.3 is 4.74 Å². The molecule has 0 saturated carbocycles. The number of carbonyl (C=O) groups excluding carboxylic acids is 1. The first-order chi connectivity index (χ1) is 12.3. The zero-order chi connectivity index (χ0) is 19.7. The second-order valence-corrected chi connectivity index (χ2v) is 6.07. The summed E-state index contributed by atoms with van der Waals surface area (Å²) >= 11 is 0. The molecule has 1 rings (SSSR count). The predicted molar refractivity (Wildman–Crippen MR) is 97.4 cm³/mol.